The van der Waals surface area contributed by atoms with E-state index in [1.807, 2.05) is 20.8 Å². The van der Waals surface area contributed by atoms with E-state index in [-0.39, 0.29) is 23.2 Å². The molecular formula is C14H18FN3O. The summed E-state index contributed by atoms with van der Waals surface area (Å²) in [5.41, 5.74) is 6.71. The normalized spacial score (nSPS) is 13.6. The molecule has 1 aromatic carbocycles. The van der Waals surface area contributed by atoms with Gasteiger partial charge in [0.25, 0.3) is 5.89 Å². The quantitative estimate of drug-likeness (QED) is 0.903. The van der Waals surface area contributed by atoms with Gasteiger partial charge in [-0.15, -0.1) is 0 Å². The summed E-state index contributed by atoms with van der Waals surface area (Å²) < 4.78 is 19.1. The third-order valence-corrected chi connectivity index (χ3v) is 3.08. The summed E-state index contributed by atoms with van der Waals surface area (Å²) in [6.07, 6.45) is 0. The molecule has 0 bridgehead atoms. The van der Waals surface area contributed by atoms with Gasteiger partial charge in [0.05, 0.1) is 11.6 Å². The van der Waals surface area contributed by atoms with Crippen molar-refractivity contribution in [1.29, 1.82) is 0 Å². The Labute approximate surface area is 111 Å². The molecule has 1 heterocycles. The molecule has 4 nitrogen and oxygen atoms in total. The van der Waals surface area contributed by atoms with E-state index in [0.29, 0.717) is 17.0 Å². The molecule has 2 aromatic rings. The second kappa shape index (κ2) is 4.74. The fourth-order valence-electron chi connectivity index (χ4n) is 1.67. The predicted molar refractivity (Wildman–Crippen MR) is 70.8 cm³/mol. The summed E-state index contributed by atoms with van der Waals surface area (Å²) in [6.45, 7) is 7.65. The van der Waals surface area contributed by atoms with Crippen molar-refractivity contribution in [3.05, 3.63) is 35.4 Å². The number of nitrogens with zero attached hydrogens (tertiary/aromatic N) is 2. The van der Waals surface area contributed by atoms with Crippen molar-refractivity contribution >= 4 is 0 Å². The fraction of sp³-hybridized carbons (Fsp3) is 0.429. The molecule has 0 fully saturated rings. The minimum absolute atomic E-state index is 0.163. The van der Waals surface area contributed by atoms with Crippen LogP contribution in [0.4, 0.5) is 4.39 Å². The van der Waals surface area contributed by atoms with E-state index in [1.54, 1.807) is 25.1 Å². The maximum Gasteiger partial charge on any atom is 0.260 e. The summed E-state index contributed by atoms with van der Waals surface area (Å²) in [5, 5.41) is 3.85. The molecular weight excluding hydrogens is 245 g/mol. The SMILES string of the molecule is Cc1cccc(-c2nc(C(N)C(C)(C)C)no2)c1F. The molecule has 102 valence electrons. The van der Waals surface area contributed by atoms with Crippen molar-refractivity contribution in [2.75, 3.05) is 0 Å². The zero-order chi connectivity index (χ0) is 14.2. The van der Waals surface area contributed by atoms with Crippen molar-refractivity contribution in [3.8, 4) is 11.5 Å². The maximum atomic E-state index is 14.0. The molecule has 0 saturated heterocycles. The van der Waals surface area contributed by atoms with Gasteiger partial charge in [-0.3, -0.25) is 0 Å². The minimum atomic E-state index is -0.363. The lowest BCUT2D eigenvalue weighted by Crippen LogP contribution is -2.27. The molecule has 2 rings (SSSR count). The number of rotatable bonds is 2. The Morgan fingerprint density at radius 3 is 2.63 bits per heavy atom. The van der Waals surface area contributed by atoms with Crippen molar-refractivity contribution in [1.82, 2.24) is 10.1 Å². The molecule has 1 unspecified atom stereocenters. The van der Waals surface area contributed by atoms with Crippen LogP contribution in [0.5, 0.6) is 0 Å². The largest absolute Gasteiger partial charge is 0.334 e. The van der Waals surface area contributed by atoms with Crippen molar-refractivity contribution in [3.63, 3.8) is 0 Å². The number of nitrogens with two attached hydrogens (primary N) is 1. The molecule has 0 spiro atoms. The molecule has 0 radical (unpaired) electrons. The van der Waals surface area contributed by atoms with Crippen LogP contribution in [0.25, 0.3) is 11.5 Å². The van der Waals surface area contributed by atoms with Gasteiger partial charge in [-0.1, -0.05) is 38.1 Å². The first-order chi connectivity index (χ1) is 8.80. The van der Waals surface area contributed by atoms with Crippen LogP contribution in [0, 0.1) is 18.2 Å². The summed E-state index contributed by atoms with van der Waals surface area (Å²) in [6, 6.07) is 4.69. The Balaban J connectivity index is 2.39. The average molecular weight is 263 g/mol. The summed E-state index contributed by atoms with van der Waals surface area (Å²) in [7, 11) is 0. The number of hydrogen-bond donors (Lipinski definition) is 1. The predicted octanol–water partition coefficient (Wildman–Crippen LogP) is 3.23. The molecule has 2 N–H and O–H groups in total. The molecule has 1 atom stereocenters. The third kappa shape index (κ3) is 2.66. The highest BCUT2D eigenvalue weighted by molar-refractivity contribution is 5.55. The Bertz CT molecular complexity index is 587. The molecule has 0 aliphatic carbocycles. The van der Waals surface area contributed by atoms with Gasteiger partial charge in [-0.05, 0) is 24.0 Å². The van der Waals surface area contributed by atoms with E-state index in [1.165, 1.54) is 0 Å². The van der Waals surface area contributed by atoms with Crippen LogP contribution >= 0.6 is 0 Å². The lowest BCUT2D eigenvalue weighted by molar-refractivity contribution is 0.303. The summed E-state index contributed by atoms with van der Waals surface area (Å²) >= 11 is 0. The Morgan fingerprint density at radius 1 is 1.32 bits per heavy atom. The third-order valence-electron chi connectivity index (χ3n) is 3.08. The molecule has 0 aliphatic rings. The topological polar surface area (TPSA) is 64.9 Å². The summed E-state index contributed by atoms with van der Waals surface area (Å²) in [5.74, 6) is 0.210. The molecule has 19 heavy (non-hydrogen) atoms. The van der Waals surface area contributed by atoms with Gasteiger partial charge in [0.1, 0.15) is 5.82 Å². The highest BCUT2D eigenvalue weighted by atomic mass is 19.1. The highest BCUT2D eigenvalue weighted by Crippen LogP contribution is 2.30. The average Bonchev–Trinajstić information content (AvgIpc) is 2.79. The van der Waals surface area contributed by atoms with Gasteiger partial charge in [-0.2, -0.15) is 4.98 Å². The van der Waals surface area contributed by atoms with Gasteiger partial charge < -0.3 is 10.3 Å². The summed E-state index contributed by atoms with van der Waals surface area (Å²) in [4.78, 5) is 4.21. The van der Waals surface area contributed by atoms with Gasteiger partial charge in [0.2, 0.25) is 0 Å². The van der Waals surface area contributed by atoms with Crippen LogP contribution in [-0.2, 0) is 0 Å². The minimum Gasteiger partial charge on any atom is -0.334 e. The highest BCUT2D eigenvalue weighted by Gasteiger charge is 2.27. The van der Waals surface area contributed by atoms with Crippen LogP contribution in [0.1, 0.15) is 38.2 Å². The van der Waals surface area contributed by atoms with Crippen LogP contribution < -0.4 is 5.73 Å². The number of hydrogen-bond acceptors (Lipinski definition) is 4. The fourth-order valence-corrected chi connectivity index (χ4v) is 1.67. The van der Waals surface area contributed by atoms with E-state index >= 15 is 0 Å². The van der Waals surface area contributed by atoms with Crippen LogP contribution in [-0.4, -0.2) is 10.1 Å². The van der Waals surface area contributed by atoms with Gasteiger partial charge in [0, 0.05) is 0 Å². The molecule has 1 aromatic heterocycles. The Hall–Kier alpha value is -1.75. The lowest BCUT2D eigenvalue weighted by atomic mass is 9.87. The van der Waals surface area contributed by atoms with E-state index in [2.05, 4.69) is 10.1 Å². The first-order valence-corrected chi connectivity index (χ1v) is 6.15. The maximum absolute atomic E-state index is 14.0. The molecule has 0 saturated carbocycles. The first kappa shape index (κ1) is 13.7. The lowest BCUT2D eigenvalue weighted by Gasteiger charge is -2.23. The number of benzene rings is 1. The standard InChI is InChI=1S/C14H18FN3O/c1-8-6-5-7-9(10(8)15)13-17-12(18-19-13)11(16)14(2,3)4/h5-7,11H,16H2,1-4H3. The zero-order valence-corrected chi connectivity index (χ0v) is 11.6. The monoisotopic (exact) mass is 263 g/mol. The van der Waals surface area contributed by atoms with E-state index in [0.717, 1.165) is 0 Å². The molecule has 0 amide bonds. The smallest absolute Gasteiger partial charge is 0.260 e. The Morgan fingerprint density at radius 2 is 2.00 bits per heavy atom. The van der Waals surface area contributed by atoms with Crippen LogP contribution in [0.2, 0.25) is 0 Å². The van der Waals surface area contributed by atoms with Crippen LogP contribution in [0.15, 0.2) is 22.7 Å². The number of halogens is 1. The van der Waals surface area contributed by atoms with E-state index in [4.69, 9.17) is 10.3 Å². The van der Waals surface area contributed by atoms with Gasteiger partial charge >= 0.3 is 0 Å². The molecule has 5 heteroatoms. The van der Waals surface area contributed by atoms with E-state index < -0.39 is 0 Å². The number of aromatic nitrogens is 2. The number of aryl methyl sites for hydroxylation is 1. The van der Waals surface area contributed by atoms with E-state index in [9.17, 15) is 4.39 Å². The second-order valence-corrected chi connectivity index (χ2v) is 5.74. The van der Waals surface area contributed by atoms with Crippen molar-refractivity contribution < 1.29 is 8.91 Å². The zero-order valence-electron chi connectivity index (χ0n) is 11.6. The Kier molecular flexibility index (Phi) is 3.41. The van der Waals surface area contributed by atoms with Crippen molar-refractivity contribution in [2.45, 2.75) is 33.7 Å². The first-order valence-electron chi connectivity index (χ1n) is 6.15. The second-order valence-electron chi connectivity index (χ2n) is 5.74. The van der Waals surface area contributed by atoms with Crippen LogP contribution in [0.3, 0.4) is 0 Å². The van der Waals surface area contributed by atoms with Gasteiger partial charge in [0.15, 0.2) is 5.82 Å². The molecule has 0 aliphatic heterocycles. The van der Waals surface area contributed by atoms with Crippen molar-refractivity contribution in [2.24, 2.45) is 11.1 Å². The van der Waals surface area contributed by atoms with Gasteiger partial charge in [-0.25, -0.2) is 4.39 Å².